The van der Waals surface area contributed by atoms with Crippen LogP contribution >= 0.6 is 11.6 Å². The van der Waals surface area contributed by atoms with E-state index in [-0.39, 0.29) is 43.8 Å². The van der Waals surface area contributed by atoms with Gasteiger partial charge in [-0.25, -0.2) is 0 Å². The Labute approximate surface area is 129 Å². The van der Waals surface area contributed by atoms with Gasteiger partial charge in [-0.2, -0.15) is 0 Å². The van der Waals surface area contributed by atoms with E-state index in [4.69, 9.17) is 22.1 Å². The van der Waals surface area contributed by atoms with Gasteiger partial charge in [-0.05, 0) is 12.8 Å². The molecule has 21 heavy (non-hydrogen) atoms. The minimum absolute atomic E-state index is 0.0685. The lowest BCUT2D eigenvalue weighted by atomic mass is 10.2. The highest BCUT2D eigenvalue weighted by Gasteiger charge is 2.28. The zero-order valence-corrected chi connectivity index (χ0v) is 12.8. The molecule has 0 aromatic carbocycles. The van der Waals surface area contributed by atoms with Crippen LogP contribution in [0, 0.1) is 0 Å². The molecule has 3 unspecified atom stereocenters. The van der Waals surface area contributed by atoms with Crippen molar-refractivity contribution < 1.29 is 24.3 Å². The number of carbonyl (C=O) groups is 2. The molecule has 1 aliphatic heterocycles. The fraction of sp³-hybridized carbons (Fsp3) is 0.846. The molecule has 0 aromatic rings. The van der Waals surface area contributed by atoms with Crippen molar-refractivity contribution in [3.63, 3.8) is 0 Å². The van der Waals surface area contributed by atoms with E-state index in [0.29, 0.717) is 25.8 Å². The molecule has 1 rings (SSSR count). The summed E-state index contributed by atoms with van der Waals surface area (Å²) in [4.78, 5) is 24.1. The molecule has 7 nitrogen and oxygen atoms in total. The topological polar surface area (TPSA) is 104 Å². The third kappa shape index (κ3) is 7.08. The van der Waals surface area contributed by atoms with Crippen molar-refractivity contribution in [2.45, 2.75) is 38.0 Å². The molecule has 1 saturated heterocycles. The Bertz CT molecular complexity index is 343. The van der Waals surface area contributed by atoms with Gasteiger partial charge in [-0.3, -0.25) is 20.2 Å². The zero-order valence-electron chi connectivity index (χ0n) is 12.1. The second-order valence-electron chi connectivity index (χ2n) is 5.16. The lowest BCUT2D eigenvalue weighted by Gasteiger charge is -2.29. The maximum absolute atomic E-state index is 11.8. The van der Waals surface area contributed by atoms with Gasteiger partial charge in [0.25, 0.3) is 6.23 Å². The molecule has 0 spiro atoms. The van der Waals surface area contributed by atoms with Crippen LogP contribution in [0.2, 0.25) is 0 Å². The first kappa shape index (κ1) is 18.2. The van der Waals surface area contributed by atoms with Crippen LogP contribution in [0.25, 0.3) is 0 Å². The van der Waals surface area contributed by atoms with E-state index in [1.54, 1.807) is 0 Å². The Hall–Kier alpha value is -0.890. The third-order valence-electron chi connectivity index (χ3n) is 3.37. The summed E-state index contributed by atoms with van der Waals surface area (Å²) in [6.07, 6.45) is 0.645. The van der Waals surface area contributed by atoms with Gasteiger partial charge in [0.05, 0.1) is 19.0 Å². The molecular formula is C13H24ClN3O4+. The van der Waals surface area contributed by atoms with Crippen LogP contribution in [0.3, 0.4) is 0 Å². The van der Waals surface area contributed by atoms with Crippen LogP contribution in [0.4, 0.5) is 0 Å². The largest absolute Gasteiger partial charge is 0.410 e. The number of cyclic esters (lactones) is 1. The van der Waals surface area contributed by atoms with E-state index >= 15 is 0 Å². The van der Waals surface area contributed by atoms with Gasteiger partial charge in [0, 0.05) is 12.8 Å². The number of amides is 1. The quantitative estimate of drug-likeness (QED) is 0.401. The lowest BCUT2D eigenvalue weighted by Crippen LogP contribution is -3.18. The molecule has 4 N–H and O–H groups in total. The van der Waals surface area contributed by atoms with E-state index in [1.807, 2.05) is 0 Å². The lowest BCUT2D eigenvalue weighted by molar-refractivity contribution is -0.945. The van der Waals surface area contributed by atoms with Crippen LogP contribution in [0.15, 0.2) is 0 Å². The van der Waals surface area contributed by atoms with Crippen molar-refractivity contribution >= 4 is 23.5 Å². The fourth-order valence-electron chi connectivity index (χ4n) is 2.25. The molecule has 121 valence electrons. The SMILES string of the molecule is [NH]CC[NH+](CC(O)CCl)C1CNC(=O)CCCCC(=O)O1. The minimum Gasteiger partial charge on any atom is -0.410 e. The number of ether oxygens (including phenoxy) is 1. The number of quaternary nitrogens is 1. The second-order valence-corrected chi connectivity index (χ2v) is 5.47. The predicted octanol–water partition coefficient (Wildman–Crippen LogP) is -1.69. The number of hydrogen-bond donors (Lipinski definition) is 3. The summed E-state index contributed by atoms with van der Waals surface area (Å²) in [5, 5.41) is 12.4. The first-order valence-corrected chi connectivity index (χ1v) is 7.79. The van der Waals surface area contributed by atoms with Crippen molar-refractivity contribution in [3.05, 3.63) is 0 Å². The molecule has 8 heteroatoms. The van der Waals surface area contributed by atoms with E-state index in [9.17, 15) is 14.7 Å². The van der Waals surface area contributed by atoms with Gasteiger partial charge in [-0.15, -0.1) is 11.6 Å². The molecule has 3 atom stereocenters. The number of nitrogens with one attached hydrogen (secondary N) is 3. The standard InChI is InChI=1S/C13H23ClN3O4/c14-7-10(18)9-17(6-5-15)12-8-16-11(19)3-1-2-4-13(20)21-12/h10,12,15,18H,1-9H2,(H,16,19)/p+1. The average molecular weight is 322 g/mol. The van der Waals surface area contributed by atoms with Crippen molar-refractivity contribution in [2.24, 2.45) is 0 Å². The Morgan fingerprint density at radius 1 is 1.43 bits per heavy atom. The fourth-order valence-corrected chi connectivity index (χ4v) is 2.36. The molecule has 1 heterocycles. The average Bonchev–Trinajstić information content (AvgIpc) is 2.47. The highest BCUT2D eigenvalue weighted by molar-refractivity contribution is 6.18. The number of aliphatic hydroxyl groups excluding tert-OH is 1. The number of rotatable bonds is 6. The number of halogens is 1. The minimum atomic E-state index is -0.738. The number of alkyl halides is 1. The molecule has 1 radical (unpaired) electrons. The van der Waals surface area contributed by atoms with Crippen molar-refractivity contribution in [3.8, 4) is 0 Å². The summed E-state index contributed by atoms with van der Waals surface area (Å²) in [7, 11) is 0. The monoisotopic (exact) mass is 321 g/mol. The first-order chi connectivity index (χ1) is 10.1. The normalized spacial score (nSPS) is 23.9. The summed E-state index contributed by atoms with van der Waals surface area (Å²) < 4.78 is 5.41. The highest BCUT2D eigenvalue weighted by Crippen LogP contribution is 2.04. The number of aliphatic hydroxyl groups is 1. The Balaban J connectivity index is 2.72. The molecule has 1 fully saturated rings. The molecular weight excluding hydrogens is 298 g/mol. The predicted molar refractivity (Wildman–Crippen MR) is 76.7 cm³/mol. The molecule has 0 aromatic heterocycles. The van der Waals surface area contributed by atoms with Gasteiger partial charge in [-0.1, -0.05) is 0 Å². The molecule has 1 aliphatic rings. The molecule has 1 amide bonds. The number of carbonyl (C=O) groups excluding carboxylic acids is 2. The summed E-state index contributed by atoms with van der Waals surface area (Å²) in [5.74, 6) is -0.297. The van der Waals surface area contributed by atoms with E-state index in [1.165, 1.54) is 0 Å². The van der Waals surface area contributed by atoms with Gasteiger partial charge in [0.15, 0.2) is 0 Å². The van der Waals surface area contributed by atoms with E-state index in [2.05, 4.69) is 5.32 Å². The van der Waals surface area contributed by atoms with Crippen molar-refractivity contribution in [2.75, 3.05) is 32.1 Å². The van der Waals surface area contributed by atoms with Crippen LogP contribution in [0.1, 0.15) is 25.7 Å². The Kier molecular flexibility index (Phi) is 8.60. The van der Waals surface area contributed by atoms with Gasteiger partial charge in [0.1, 0.15) is 19.2 Å². The first-order valence-electron chi connectivity index (χ1n) is 7.26. The number of hydrogen-bond acceptors (Lipinski definition) is 4. The summed E-state index contributed by atoms with van der Waals surface area (Å²) >= 11 is 5.61. The molecule has 0 aliphatic carbocycles. The maximum atomic E-state index is 11.8. The summed E-state index contributed by atoms with van der Waals surface area (Å²) in [5.41, 5.74) is 7.36. The third-order valence-corrected chi connectivity index (χ3v) is 3.73. The van der Waals surface area contributed by atoms with Crippen molar-refractivity contribution in [1.82, 2.24) is 11.1 Å². The second kappa shape index (κ2) is 9.94. The zero-order chi connectivity index (χ0) is 15.7. The van der Waals surface area contributed by atoms with Gasteiger partial charge in [0.2, 0.25) is 5.91 Å². The van der Waals surface area contributed by atoms with Crippen LogP contribution in [-0.2, 0) is 14.3 Å². The van der Waals surface area contributed by atoms with Gasteiger partial charge < -0.3 is 15.2 Å². The van der Waals surface area contributed by atoms with E-state index < -0.39 is 12.3 Å². The summed E-state index contributed by atoms with van der Waals surface area (Å²) in [6, 6.07) is 0. The summed E-state index contributed by atoms with van der Waals surface area (Å²) in [6.45, 7) is 0.999. The number of esters is 1. The smallest absolute Gasteiger partial charge is 0.310 e. The molecule has 0 bridgehead atoms. The maximum Gasteiger partial charge on any atom is 0.310 e. The van der Waals surface area contributed by atoms with Crippen LogP contribution in [0.5, 0.6) is 0 Å². The van der Waals surface area contributed by atoms with E-state index in [0.717, 1.165) is 4.90 Å². The van der Waals surface area contributed by atoms with Gasteiger partial charge >= 0.3 is 5.97 Å². The Morgan fingerprint density at radius 3 is 2.81 bits per heavy atom. The van der Waals surface area contributed by atoms with Crippen LogP contribution in [-0.4, -0.2) is 61.4 Å². The molecule has 0 saturated carbocycles. The Morgan fingerprint density at radius 2 is 2.14 bits per heavy atom. The highest BCUT2D eigenvalue weighted by atomic mass is 35.5. The van der Waals surface area contributed by atoms with Crippen molar-refractivity contribution in [1.29, 1.82) is 0 Å². The van der Waals surface area contributed by atoms with Crippen LogP contribution < -0.4 is 16.0 Å².